The molecule has 0 aliphatic heterocycles. The third kappa shape index (κ3) is 3.21. The number of anilines is 1. The highest BCUT2D eigenvalue weighted by Gasteiger charge is 2.17. The van der Waals surface area contributed by atoms with Crippen molar-refractivity contribution in [2.75, 3.05) is 4.72 Å². The first-order valence-corrected chi connectivity index (χ1v) is 7.28. The van der Waals surface area contributed by atoms with Gasteiger partial charge in [0, 0.05) is 22.9 Å². The van der Waals surface area contributed by atoms with Crippen molar-refractivity contribution in [1.29, 1.82) is 0 Å². The molecular weight excluding hydrogens is 339 g/mol. The largest absolute Gasteiger partial charge is 0.506 e. The maximum atomic E-state index is 13.0. The first kappa shape index (κ1) is 13.8. The maximum absolute atomic E-state index is 13.0. The molecule has 0 atom stereocenters. The molecule has 0 radical (unpaired) electrons. The van der Waals surface area contributed by atoms with Crippen LogP contribution in [0, 0.1) is 5.82 Å². The molecule has 19 heavy (non-hydrogen) atoms. The Morgan fingerprint density at radius 3 is 2.68 bits per heavy atom. The van der Waals surface area contributed by atoms with Gasteiger partial charge in [-0.3, -0.25) is 9.71 Å². The molecule has 0 unspecified atom stereocenters. The predicted molar refractivity (Wildman–Crippen MR) is 70.8 cm³/mol. The number of phenolic OH excluding ortho intramolecular Hbond substituents is 1. The highest BCUT2D eigenvalue weighted by Crippen LogP contribution is 2.26. The van der Waals surface area contributed by atoms with E-state index in [1.54, 1.807) is 0 Å². The topological polar surface area (TPSA) is 79.3 Å². The van der Waals surface area contributed by atoms with Crippen molar-refractivity contribution < 1.29 is 17.9 Å². The third-order valence-electron chi connectivity index (χ3n) is 2.19. The smallest absolute Gasteiger partial charge is 0.263 e. The lowest BCUT2D eigenvalue weighted by molar-refractivity contribution is 0.475. The Morgan fingerprint density at radius 1 is 1.26 bits per heavy atom. The minimum Gasteiger partial charge on any atom is -0.506 e. The number of pyridine rings is 1. The average molecular weight is 347 g/mol. The number of benzene rings is 1. The zero-order valence-corrected chi connectivity index (χ0v) is 11.7. The molecule has 0 fully saturated rings. The molecule has 100 valence electrons. The van der Waals surface area contributed by atoms with Crippen molar-refractivity contribution in [3.05, 3.63) is 46.9 Å². The number of nitrogens with one attached hydrogen (secondary N) is 1. The van der Waals surface area contributed by atoms with Crippen LogP contribution in [-0.2, 0) is 10.0 Å². The minimum absolute atomic E-state index is 0.106. The van der Waals surface area contributed by atoms with Crippen LogP contribution in [0.3, 0.4) is 0 Å². The van der Waals surface area contributed by atoms with E-state index in [2.05, 4.69) is 25.6 Å². The van der Waals surface area contributed by atoms with Crippen LogP contribution in [0.15, 0.2) is 46.0 Å². The van der Waals surface area contributed by atoms with Crippen molar-refractivity contribution in [3.8, 4) is 5.75 Å². The number of rotatable bonds is 3. The van der Waals surface area contributed by atoms with Gasteiger partial charge in [0.25, 0.3) is 10.0 Å². The molecule has 2 aromatic rings. The molecular formula is C11H8BrFN2O3S. The standard InChI is InChI=1S/C11H8BrFN2O3S/c12-7-3-9(6-14-5-7)19(17,18)15-10-4-8(13)1-2-11(10)16/h1-6,15-16H. The number of halogens is 2. The van der Waals surface area contributed by atoms with Crippen LogP contribution >= 0.6 is 15.9 Å². The Morgan fingerprint density at radius 2 is 2.00 bits per heavy atom. The minimum atomic E-state index is -3.94. The number of hydrogen-bond acceptors (Lipinski definition) is 4. The van der Waals surface area contributed by atoms with E-state index in [0.29, 0.717) is 4.47 Å². The Balaban J connectivity index is 2.39. The molecule has 5 nitrogen and oxygen atoms in total. The molecule has 0 aliphatic carbocycles. The summed E-state index contributed by atoms with van der Waals surface area (Å²) in [6, 6.07) is 4.31. The van der Waals surface area contributed by atoms with E-state index in [4.69, 9.17) is 0 Å². The molecule has 1 aromatic carbocycles. The first-order chi connectivity index (χ1) is 8.88. The Kier molecular flexibility index (Phi) is 3.72. The van der Waals surface area contributed by atoms with Gasteiger partial charge in [-0.25, -0.2) is 12.8 Å². The van der Waals surface area contributed by atoms with Crippen LogP contribution in [0.25, 0.3) is 0 Å². The van der Waals surface area contributed by atoms with Crippen molar-refractivity contribution in [2.45, 2.75) is 4.90 Å². The van der Waals surface area contributed by atoms with E-state index in [-0.39, 0.29) is 16.3 Å². The molecule has 0 saturated carbocycles. The third-order valence-corrected chi connectivity index (χ3v) is 3.96. The van der Waals surface area contributed by atoms with Crippen molar-refractivity contribution >= 4 is 31.6 Å². The number of aromatic nitrogens is 1. The first-order valence-electron chi connectivity index (χ1n) is 5.00. The van der Waals surface area contributed by atoms with Crippen LogP contribution in [0.5, 0.6) is 5.75 Å². The average Bonchev–Trinajstić information content (AvgIpc) is 2.33. The van der Waals surface area contributed by atoms with Gasteiger partial charge < -0.3 is 5.11 Å². The van der Waals surface area contributed by atoms with Crippen molar-refractivity contribution in [2.24, 2.45) is 0 Å². The van der Waals surface area contributed by atoms with E-state index in [0.717, 1.165) is 24.4 Å². The van der Waals surface area contributed by atoms with E-state index in [1.165, 1.54) is 12.3 Å². The van der Waals surface area contributed by atoms with Crippen LogP contribution in [0.1, 0.15) is 0 Å². The lowest BCUT2D eigenvalue weighted by Gasteiger charge is -2.09. The lowest BCUT2D eigenvalue weighted by atomic mass is 10.3. The van der Waals surface area contributed by atoms with Crippen molar-refractivity contribution in [1.82, 2.24) is 4.98 Å². The van der Waals surface area contributed by atoms with Gasteiger partial charge in [-0.2, -0.15) is 0 Å². The number of nitrogens with zero attached hydrogens (tertiary/aromatic N) is 1. The SMILES string of the molecule is O=S(=O)(Nc1cc(F)ccc1O)c1cncc(Br)c1. The summed E-state index contributed by atoms with van der Waals surface area (Å²) in [7, 11) is -3.94. The second kappa shape index (κ2) is 5.14. The Bertz CT molecular complexity index is 722. The summed E-state index contributed by atoms with van der Waals surface area (Å²) in [5, 5.41) is 9.48. The molecule has 0 saturated heterocycles. The zero-order chi connectivity index (χ0) is 14.0. The highest BCUT2D eigenvalue weighted by atomic mass is 79.9. The van der Waals surface area contributed by atoms with E-state index < -0.39 is 15.8 Å². The summed E-state index contributed by atoms with van der Waals surface area (Å²) in [6.45, 7) is 0. The van der Waals surface area contributed by atoms with Gasteiger partial charge in [0.05, 0.1) is 5.69 Å². The molecule has 0 bridgehead atoms. The lowest BCUT2D eigenvalue weighted by Crippen LogP contribution is -2.13. The molecule has 1 heterocycles. The molecule has 2 rings (SSSR count). The van der Waals surface area contributed by atoms with E-state index in [9.17, 15) is 17.9 Å². The normalized spacial score (nSPS) is 11.3. The molecule has 8 heteroatoms. The van der Waals surface area contributed by atoms with Gasteiger partial charge in [-0.1, -0.05) is 0 Å². The van der Waals surface area contributed by atoms with E-state index >= 15 is 0 Å². The monoisotopic (exact) mass is 346 g/mol. The van der Waals surface area contributed by atoms with Gasteiger partial charge in [-0.15, -0.1) is 0 Å². The predicted octanol–water partition coefficient (Wildman–Crippen LogP) is 2.49. The van der Waals surface area contributed by atoms with E-state index in [1.807, 2.05) is 0 Å². The van der Waals surface area contributed by atoms with Gasteiger partial charge in [-0.05, 0) is 34.1 Å². The summed E-state index contributed by atoms with van der Waals surface area (Å²) < 4.78 is 39.6. The zero-order valence-electron chi connectivity index (χ0n) is 9.34. The van der Waals surface area contributed by atoms with Crippen molar-refractivity contribution in [3.63, 3.8) is 0 Å². The fourth-order valence-corrected chi connectivity index (χ4v) is 2.90. The molecule has 2 N–H and O–H groups in total. The summed E-state index contributed by atoms with van der Waals surface area (Å²) in [5.41, 5.74) is -0.236. The highest BCUT2D eigenvalue weighted by molar-refractivity contribution is 9.10. The van der Waals surface area contributed by atoms with Gasteiger partial charge in [0.1, 0.15) is 16.5 Å². The Hall–Kier alpha value is -1.67. The number of hydrogen-bond donors (Lipinski definition) is 2. The van der Waals surface area contributed by atoms with Crippen LogP contribution in [-0.4, -0.2) is 18.5 Å². The van der Waals surface area contributed by atoms with Crippen LogP contribution in [0.4, 0.5) is 10.1 Å². The fraction of sp³-hybridized carbons (Fsp3) is 0. The summed E-state index contributed by atoms with van der Waals surface area (Å²) in [5.74, 6) is -1.03. The summed E-state index contributed by atoms with van der Waals surface area (Å²) in [6.07, 6.45) is 2.57. The Labute approximate surface area is 117 Å². The summed E-state index contributed by atoms with van der Waals surface area (Å²) in [4.78, 5) is 3.62. The van der Waals surface area contributed by atoms with Gasteiger partial charge in [0.15, 0.2) is 0 Å². The molecule has 0 amide bonds. The number of sulfonamides is 1. The number of phenols is 1. The second-order valence-electron chi connectivity index (χ2n) is 3.61. The molecule has 1 aromatic heterocycles. The van der Waals surface area contributed by atoms with Gasteiger partial charge in [0.2, 0.25) is 0 Å². The number of aromatic hydroxyl groups is 1. The molecule has 0 spiro atoms. The second-order valence-corrected chi connectivity index (χ2v) is 6.20. The van der Waals surface area contributed by atoms with Crippen LogP contribution < -0.4 is 4.72 Å². The summed E-state index contributed by atoms with van der Waals surface area (Å²) >= 11 is 3.10. The quantitative estimate of drug-likeness (QED) is 0.836. The molecule has 0 aliphatic rings. The maximum Gasteiger partial charge on any atom is 0.263 e. The van der Waals surface area contributed by atoms with Gasteiger partial charge >= 0.3 is 0 Å². The fourth-order valence-electron chi connectivity index (χ4n) is 1.33. The van der Waals surface area contributed by atoms with Crippen LogP contribution in [0.2, 0.25) is 0 Å².